The Hall–Kier alpha value is -1.56. The van der Waals surface area contributed by atoms with E-state index < -0.39 is 6.03 Å². The first-order valence-corrected chi connectivity index (χ1v) is 5.36. The minimum absolute atomic E-state index is 0.0453. The number of carbonyl (C=O) groups is 2. The molecule has 0 saturated carbocycles. The third-order valence-electron chi connectivity index (χ3n) is 2.24. The minimum atomic E-state index is -0.408. The lowest BCUT2D eigenvalue weighted by Crippen LogP contribution is -2.27. The lowest BCUT2D eigenvalue weighted by Gasteiger charge is -2.14. The second kappa shape index (κ2) is 4.13. The van der Waals surface area contributed by atoms with Crippen LogP contribution < -0.4 is 15.0 Å². The fourth-order valence-electron chi connectivity index (χ4n) is 1.47. The minimum Gasteiger partial charge on any atom is -0.495 e. The second-order valence-corrected chi connectivity index (χ2v) is 4.11. The van der Waals surface area contributed by atoms with E-state index in [1.807, 2.05) is 0 Å². The van der Waals surface area contributed by atoms with Crippen LogP contribution in [0.15, 0.2) is 22.7 Å². The van der Waals surface area contributed by atoms with Gasteiger partial charge in [0.2, 0.25) is 5.91 Å². The highest BCUT2D eigenvalue weighted by Gasteiger charge is 2.28. The summed E-state index contributed by atoms with van der Waals surface area (Å²) in [6, 6.07) is 4.80. The number of amides is 3. The van der Waals surface area contributed by atoms with Gasteiger partial charge in [-0.3, -0.25) is 15.0 Å². The second-order valence-electron chi connectivity index (χ2n) is 3.26. The van der Waals surface area contributed by atoms with Gasteiger partial charge in [-0.15, -0.1) is 0 Å². The largest absolute Gasteiger partial charge is 0.495 e. The zero-order chi connectivity index (χ0) is 11.7. The molecule has 16 heavy (non-hydrogen) atoms. The Morgan fingerprint density at radius 1 is 1.44 bits per heavy atom. The Labute approximate surface area is 100 Å². The number of urea groups is 1. The molecule has 0 atom stereocenters. The molecule has 1 heterocycles. The zero-order valence-electron chi connectivity index (χ0n) is 8.49. The van der Waals surface area contributed by atoms with Crippen molar-refractivity contribution in [2.75, 3.05) is 18.6 Å². The Bertz CT molecular complexity index is 461. The fraction of sp³-hybridized carbons (Fsp3) is 0.200. The molecule has 1 aromatic carbocycles. The zero-order valence-corrected chi connectivity index (χ0v) is 10.1. The molecule has 1 fully saturated rings. The van der Waals surface area contributed by atoms with E-state index >= 15 is 0 Å². The van der Waals surface area contributed by atoms with Crippen molar-refractivity contribution in [2.45, 2.75) is 0 Å². The number of hydrogen-bond acceptors (Lipinski definition) is 3. The molecule has 2 rings (SSSR count). The van der Waals surface area contributed by atoms with E-state index in [4.69, 9.17) is 4.74 Å². The molecule has 1 aliphatic heterocycles. The predicted molar refractivity (Wildman–Crippen MR) is 61.6 cm³/mol. The highest BCUT2D eigenvalue weighted by molar-refractivity contribution is 9.10. The SMILES string of the molecule is COc1cc(N2CC(=O)NC2=O)ccc1Br. The van der Waals surface area contributed by atoms with Gasteiger partial charge in [0.25, 0.3) is 0 Å². The molecule has 1 saturated heterocycles. The van der Waals surface area contributed by atoms with Crippen LogP contribution in [0, 0.1) is 0 Å². The number of methoxy groups -OCH3 is 1. The molecule has 0 aliphatic carbocycles. The summed E-state index contributed by atoms with van der Waals surface area (Å²) in [5, 5.41) is 2.21. The van der Waals surface area contributed by atoms with Gasteiger partial charge >= 0.3 is 6.03 Å². The number of ether oxygens (including phenoxy) is 1. The van der Waals surface area contributed by atoms with Crippen LogP contribution >= 0.6 is 15.9 Å². The van der Waals surface area contributed by atoms with Crippen LogP contribution in [-0.2, 0) is 4.79 Å². The van der Waals surface area contributed by atoms with Crippen molar-refractivity contribution in [1.29, 1.82) is 0 Å². The third kappa shape index (κ3) is 1.88. The van der Waals surface area contributed by atoms with E-state index in [2.05, 4.69) is 21.2 Å². The first-order valence-electron chi connectivity index (χ1n) is 4.56. The first kappa shape index (κ1) is 10.9. The Balaban J connectivity index is 2.34. The lowest BCUT2D eigenvalue weighted by molar-refractivity contribution is -0.117. The van der Waals surface area contributed by atoms with Crippen molar-refractivity contribution in [1.82, 2.24) is 5.32 Å². The van der Waals surface area contributed by atoms with Gasteiger partial charge in [-0.25, -0.2) is 4.79 Å². The average molecular weight is 285 g/mol. The molecule has 6 heteroatoms. The van der Waals surface area contributed by atoms with Gasteiger partial charge in [-0.05, 0) is 28.1 Å². The van der Waals surface area contributed by atoms with Crippen molar-refractivity contribution in [2.24, 2.45) is 0 Å². The predicted octanol–water partition coefficient (Wildman–Crippen LogP) is 1.51. The summed E-state index contributed by atoms with van der Waals surface area (Å²) in [6.07, 6.45) is 0. The summed E-state index contributed by atoms with van der Waals surface area (Å²) in [5.74, 6) is 0.316. The van der Waals surface area contributed by atoms with Crippen molar-refractivity contribution in [3.63, 3.8) is 0 Å². The highest BCUT2D eigenvalue weighted by Crippen LogP contribution is 2.30. The topological polar surface area (TPSA) is 58.6 Å². The fourth-order valence-corrected chi connectivity index (χ4v) is 1.88. The molecular formula is C10H9BrN2O3. The number of nitrogens with one attached hydrogen (secondary N) is 1. The van der Waals surface area contributed by atoms with E-state index in [0.29, 0.717) is 11.4 Å². The number of nitrogens with zero attached hydrogens (tertiary/aromatic N) is 1. The van der Waals surface area contributed by atoms with Crippen LogP contribution in [0.5, 0.6) is 5.75 Å². The maximum atomic E-state index is 11.4. The molecule has 0 bridgehead atoms. The van der Waals surface area contributed by atoms with Crippen LogP contribution in [0.25, 0.3) is 0 Å². The van der Waals surface area contributed by atoms with Crippen molar-refractivity contribution < 1.29 is 14.3 Å². The standard InChI is InChI=1S/C10H9BrN2O3/c1-16-8-4-6(2-3-7(8)11)13-5-9(14)12-10(13)15/h2-4H,5H2,1H3,(H,12,14,15). The van der Waals surface area contributed by atoms with E-state index in [9.17, 15) is 9.59 Å². The smallest absolute Gasteiger partial charge is 0.329 e. The Kier molecular flexibility index (Phi) is 2.82. The quantitative estimate of drug-likeness (QED) is 0.838. The summed E-state index contributed by atoms with van der Waals surface area (Å²) >= 11 is 3.32. The number of hydrogen-bond donors (Lipinski definition) is 1. The van der Waals surface area contributed by atoms with Crippen molar-refractivity contribution in [3.05, 3.63) is 22.7 Å². The molecule has 0 unspecified atom stereocenters. The number of carbonyl (C=O) groups excluding carboxylic acids is 2. The Morgan fingerprint density at radius 2 is 2.19 bits per heavy atom. The number of benzene rings is 1. The lowest BCUT2D eigenvalue weighted by atomic mass is 10.3. The maximum Gasteiger partial charge on any atom is 0.329 e. The summed E-state index contributed by atoms with van der Waals surface area (Å²) in [5.41, 5.74) is 0.628. The van der Waals surface area contributed by atoms with Crippen LogP contribution in [-0.4, -0.2) is 25.6 Å². The molecule has 5 nitrogen and oxygen atoms in total. The van der Waals surface area contributed by atoms with E-state index in [-0.39, 0.29) is 12.5 Å². The van der Waals surface area contributed by atoms with Gasteiger partial charge in [-0.1, -0.05) is 0 Å². The molecule has 1 aromatic rings. The number of anilines is 1. The molecule has 0 radical (unpaired) electrons. The number of imide groups is 1. The highest BCUT2D eigenvalue weighted by atomic mass is 79.9. The Morgan fingerprint density at radius 3 is 2.75 bits per heavy atom. The van der Waals surface area contributed by atoms with E-state index in [1.165, 1.54) is 4.90 Å². The average Bonchev–Trinajstić information content (AvgIpc) is 2.59. The van der Waals surface area contributed by atoms with Gasteiger partial charge in [0.1, 0.15) is 12.3 Å². The summed E-state index contributed by atoms with van der Waals surface area (Å²) in [7, 11) is 1.54. The maximum absolute atomic E-state index is 11.4. The molecule has 3 amide bonds. The monoisotopic (exact) mass is 284 g/mol. The first-order chi connectivity index (χ1) is 7.61. The van der Waals surface area contributed by atoms with Gasteiger partial charge in [-0.2, -0.15) is 0 Å². The van der Waals surface area contributed by atoms with Crippen molar-refractivity contribution in [3.8, 4) is 5.75 Å². The molecule has 1 aliphatic rings. The van der Waals surface area contributed by atoms with Crippen LogP contribution in [0.3, 0.4) is 0 Å². The van der Waals surface area contributed by atoms with E-state index in [0.717, 1.165) is 4.47 Å². The van der Waals surface area contributed by atoms with Crippen molar-refractivity contribution >= 4 is 33.6 Å². The van der Waals surface area contributed by atoms with E-state index in [1.54, 1.807) is 25.3 Å². The molecule has 84 valence electrons. The van der Waals surface area contributed by atoms with Gasteiger partial charge in [0.05, 0.1) is 11.6 Å². The molecule has 0 aromatic heterocycles. The van der Waals surface area contributed by atoms with Crippen LogP contribution in [0.2, 0.25) is 0 Å². The van der Waals surface area contributed by atoms with Gasteiger partial charge in [0.15, 0.2) is 0 Å². The summed E-state index contributed by atoms with van der Waals surface area (Å²) in [4.78, 5) is 23.8. The van der Waals surface area contributed by atoms with Crippen LogP contribution in [0.1, 0.15) is 0 Å². The number of halogens is 1. The normalized spacial score (nSPS) is 15.2. The summed E-state index contributed by atoms with van der Waals surface area (Å²) in [6.45, 7) is 0.0453. The van der Waals surface area contributed by atoms with Gasteiger partial charge in [0, 0.05) is 11.8 Å². The molecule has 1 N–H and O–H groups in total. The molecular weight excluding hydrogens is 276 g/mol. The summed E-state index contributed by atoms with van der Waals surface area (Å²) < 4.78 is 5.91. The third-order valence-corrected chi connectivity index (χ3v) is 2.89. The number of rotatable bonds is 2. The van der Waals surface area contributed by atoms with Gasteiger partial charge < -0.3 is 4.74 Å². The molecule has 0 spiro atoms. The van der Waals surface area contributed by atoms with Crippen LogP contribution in [0.4, 0.5) is 10.5 Å².